The summed E-state index contributed by atoms with van der Waals surface area (Å²) >= 11 is 7.33. The van der Waals surface area contributed by atoms with Crippen molar-refractivity contribution in [2.75, 3.05) is 45.9 Å². The normalized spacial score (nSPS) is 32.2. The molecule has 0 amide bonds. The molecule has 0 aliphatic carbocycles. The molecule has 0 aromatic heterocycles. The summed E-state index contributed by atoms with van der Waals surface area (Å²) in [6, 6.07) is 1.99. The van der Waals surface area contributed by atoms with Gasteiger partial charge in [0.2, 0.25) is 0 Å². The van der Waals surface area contributed by atoms with Gasteiger partial charge in [0.25, 0.3) is 0 Å². The third-order valence-corrected chi connectivity index (χ3v) is 9.31. The average Bonchev–Trinajstić information content (AvgIpc) is 2.69. The number of ketones is 1. The number of carbonyl (C=O) groups excluding carboxylic acids is 1. The molecule has 0 bridgehead atoms. The molecule has 3 aliphatic heterocycles. The monoisotopic (exact) mass is 700 g/mol. The summed E-state index contributed by atoms with van der Waals surface area (Å²) in [6.07, 6.45) is 5.17. The number of hydrogen-bond acceptors (Lipinski definition) is 2. The number of quaternary nitrogens is 2. The zero-order chi connectivity index (χ0) is 21.5. The van der Waals surface area contributed by atoms with Crippen LogP contribution >= 0.6 is 31.9 Å². The van der Waals surface area contributed by atoms with Gasteiger partial charge < -0.3 is 48.5 Å². The number of Topliss-reactive ketones (excluding diaryl/α,β-unsaturated/α-hetero) is 1. The molecule has 0 saturated carbocycles. The maximum absolute atomic E-state index is 14.1. The highest BCUT2D eigenvalue weighted by atomic mass is 79.9. The molecule has 4 rings (SSSR count). The molecule has 2 N–H and O–H groups in total. The van der Waals surface area contributed by atoms with Gasteiger partial charge in [-0.1, -0.05) is 29.8 Å². The Morgan fingerprint density at radius 3 is 2.06 bits per heavy atom. The molecule has 32 heavy (non-hydrogen) atoms. The largest absolute Gasteiger partial charge is 1.00 e. The topological polar surface area (TPSA) is 35.2 Å². The molecule has 3 aliphatic rings. The summed E-state index contributed by atoms with van der Waals surface area (Å²) in [5.41, 5.74) is 1.40. The van der Waals surface area contributed by atoms with E-state index in [1.807, 2.05) is 13.0 Å². The number of halogens is 4. The van der Waals surface area contributed by atoms with Crippen LogP contribution in [0.25, 0.3) is 0 Å². The third kappa shape index (κ3) is 6.01. The molecular formula is C24H36Br4N2O2. The zero-order valence-corrected chi connectivity index (χ0v) is 25.7. The van der Waals surface area contributed by atoms with Gasteiger partial charge in [-0.2, -0.15) is 0 Å². The summed E-state index contributed by atoms with van der Waals surface area (Å²) in [5, 5.41) is 0. The fourth-order valence-corrected chi connectivity index (χ4v) is 7.20. The smallest absolute Gasteiger partial charge is 0.187 e. The first-order valence-corrected chi connectivity index (χ1v) is 13.2. The second-order valence-electron chi connectivity index (χ2n) is 10.3. The molecule has 8 heteroatoms. The predicted octanol–water partition coefficient (Wildman–Crippen LogP) is -3.28. The Kier molecular flexibility index (Phi) is 10.8. The fourth-order valence-electron chi connectivity index (χ4n) is 5.96. The maximum atomic E-state index is 14.1. The second-order valence-corrected chi connectivity index (χ2v) is 12.0. The number of rotatable bonds is 4. The molecule has 1 aromatic rings. The van der Waals surface area contributed by atoms with E-state index in [-0.39, 0.29) is 34.0 Å². The first-order chi connectivity index (χ1) is 14.3. The number of carbonyl (C=O) groups is 1. The standard InChI is InChI=1S/C24H34Br2N2O2.2BrH/c1-16-6-4-8-27(11-16)13-24(14-28-9-5-7-17(2)12-28)15-30-22-19(23(24)29)10-20(25)18(3)21(22)26;;/h10,16-17H,4-9,11-15H2,1-3H3;2*1H. The fraction of sp³-hybridized carbons (Fsp3) is 0.708. The Morgan fingerprint density at radius 1 is 1.03 bits per heavy atom. The quantitative estimate of drug-likeness (QED) is 0.346. The molecular weight excluding hydrogens is 668 g/mol. The van der Waals surface area contributed by atoms with Crippen molar-refractivity contribution >= 4 is 37.6 Å². The molecule has 0 spiro atoms. The highest BCUT2D eigenvalue weighted by Gasteiger charge is 2.51. The number of nitrogens with one attached hydrogen (secondary N) is 2. The number of likely N-dealkylation sites (tertiary alicyclic amines) is 2. The van der Waals surface area contributed by atoms with Crippen LogP contribution in [0.1, 0.15) is 55.5 Å². The van der Waals surface area contributed by atoms with Gasteiger partial charge in [-0.15, -0.1) is 0 Å². The lowest BCUT2D eigenvalue weighted by atomic mass is 9.76. The van der Waals surface area contributed by atoms with Crippen LogP contribution in [0.2, 0.25) is 0 Å². The summed E-state index contributed by atoms with van der Waals surface area (Å²) < 4.78 is 8.28. The Hall–Kier alpha value is 0.530. The summed E-state index contributed by atoms with van der Waals surface area (Å²) in [4.78, 5) is 17.3. The van der Waals surface area contributed by atoms with Crippen molar-refractivity contribution in [2.45, 2.75) is 46.5 Å². The third-order valence-electron chi connectivity index (χ3n) is 7.53. The van der Waals surface area contributed by atoms with Crippen LogP contribution in [-0.4, -0.2) is 51.7 Å². The molecule has 4 unspecified atom stereocenters. The van der Waals surface area contributed by atoms with Gasteiger partial charge in [0.1, 0.15) is 12.4 Å². The highest BCUT2D eigenvalue weighted by molar-refractivity contribution is 9.11. The van der Waals surface area contributed by atoms with Gasteiger partial charge in [-0.3, -0.25) is 4.79 Å². The van der Waals surface area contributed by atoms with Crippen molar-refractivity contribution in [1.29, 1.82) is 0 Å². The predicted molar refractivity (Wildman–Crippen MR) is 127 cm³/mol. The summed E-state index contributed by atoms with van der Waals surface area (Å²) in [6.45, 7) is 13.8. The van der Waals surface area contributed by atoms with Crippen LogP contribution in [0.4, 0.5) is 0 Å². The van der Waals surface area contributed by atoms with E-state index in [1.54, 1.807) is 9.80 Å². The Labute approximate surface area is 231 Å². The number of fused-ring (bicyclic) bond motifs is 1. The summed E-state index contributed by atoms with van der Waals surface area (Å²) in [5.74, 6) is 2.51. The van der Waals surface area contributed by atoms with Gasteiger partial charge in [-0.25, -0.2) is 0 Å². The van der Waals surface area contributed by atoms with E-state index in [2.05, 4.69) is 45.7 Å². The number of benzene rings is 1. The number of piperidine rings is 2. The molecule has 0 radical (unpaired) electrons. The lowest BCUT2D eigenvalue weighted by Crippen LogP contribution is -3.19. The van der Waals surface area contributed by atoms with Crippen LogP contribution in [0.5, 0.6) is 5.75 Å². The van der Waals surface area contributed by atoms with Crippen molar-refractivity contribution in [3.8, 4) is 5.75 Å². The minimum absolute atomic E-state index is 0. The molecule has 1 aromatic carbocycles. The van der Waals surface area contributed by atoms with Crippen LogP contribution in [0.3, 0.4) is 0 Å². The summed E-state index contributed by atoms with van der Waals surface area (Å²) in [7, 11) is 0. The van der Waals surface area contributed by atoms with E-state index < -0.39 is 5.41 Å². The maximum Gasteiger partial charge on any atom is 0.187 e. The molecule has 2 saturated heterocycles. The molecule has 2 fully saturated rings. The minimum atomic E-state index is -0.431. The lowest BCUT2D eigenvalue weighted by molar-refractivity contribution is -0.937. The molecule has 182 valence electrons. The van der Waals surface area contributed by atoms with E-state index in [4.69, 9.17) is 4.74 Å². The van der Waals surface area contributed by atoms with Gasteiger partial charge in [0.15, 0.2) is 11.2 Å². The van der Waals surface area contributed by atoms with Crippen molar-refractivity contribution in [3.05, 3.63) is 26.1 Å². The van der Waals surface area contributed by atoms with Crippen LogP contribution in [0.15, 0.2) is 15.0 Å². The number of ether oxygens (including phenoxy) is 1. The Balaban J connectivity index is 0.00000181. The van der Waals surface area contributed by atoms with E-state index >= 15 is 0 Å². The van der Waals surface area contributed by atoms with E-state index in [9.17, 15) is 4.79 Å². The van der Waals surface area contributed by atoms with E-state index in [0.717, 1.165) is 50.7 Å². The first-order valence-electron chi connectivity index (χ1n) is 11.6. The Bertz CT molecular complexity index is 796. The van der Waals surface area contributed by atoms with Crippen LogP contribution in [0, 0.1) is 24.2 Å². The van der Waals surface area contributed by atoms with Crippen LogP contribution in [-0.2, 0) is 0 Å². The van der Waals surface area contributed by atoms with E-state index in [0.29, 0.717) is 12.4 Å². The Morgan fingerprint density at radius 2 is 1.56 bits per heavy atom. The number of hydrogen-bond donors (Lipinski definition) is 2. The highest BCUT2D eigenvalue weighted by Crippen LogP contribution is 2.42. The zero-order valence-electron chi connectivity index (χ0n) is 19.3. The molecule has 3 heterocycles. The first kappa shape index (κ1) is 28.8. The van der Waals surface area contributed by atoms with Crippen LogP contribution < -0.4 is 48.5 Å². The van der Waals surface area contributed by atoms with Gasteiger partial charge >= 0.3 is 0 Å². The van der Waals surface area contributed by atoms with Crippen molar-refractivity contribution in [2.24, 2.45) is 17.3 Å². The molecule has 4 nitrogen and oxygen atoms in total. The molecule has 4 atom stereocenters. The second kappa shape index (κ2) is 12.0. The van der Waals surface area contributed by atoms with Crippen molar-refractivity contribution in [1.82, 2.24) is 0 Å². The van der Waals surface area contributed by atoms with E-state index in [1.165, 1.54) is 51.9 Å². The SMILES string of the molecule is Cc1c(Br)cc2c(c1Br)OCC(C[NH+]1CCCC(C)C1)(C[NH+]1CCCC(C)C1)C2=O.[Br-].[Br-]. The van der Waals surface area contributed by atoms with Gasteiger partial charge in [0.05, 0.1) is 49.3 Å². The van der Waals surface area contributed by atoms with Gasteiger partial charge in [0, 0.05) is 16.3 Å². The van der Waals surface area contributed by atoms with Crippen molar-refractivity contribution < 1.29 is 53.3 Å². The van der Waals surface area contributed by atoms with Crippen molar-refractivity contribution in [3.63, 3.8) is 0 Å². The lowest BCUT2D eigenvalue weighted by Gasteiger charge is -2.42. The van der Waals surface area contributed by atoms with Gasteiger partial charge in [-0.05, 0) is 60.2 Å². The average molecular weight is 704 g/mol. The minimum Gasteiger partial charge on any atom is -1.00 e.